The fourth-order valence-corrected chi connectivity index (χ4v) is 4.30. The molecular formula is C19H22N6O5S. The van der Waals surface area contributed by atoms with Gasteiger partial charge in [0.1, 0.15) is 0 Å². The highest BCUT2D eigenvalue weighted by atomic mass is 32.1. The Kier molecular flexibility index (Phi) is 5.50. The summed E-state index contributed by atoms with van der Waals surface area (Å²) in [6.45, 7) is 3.60. The summed E-state index contributed by atoms with van der Waals surface area (Å²) in [5.41, 5.74) is -0.591. The van der Waals surface area contributed by atoms with Crippen LogP contribution in [0.15, 0.2) is 27.5 Å². The number of rotatable bonds is 6. The number of nitrogens with one attached hydrogen (secondary N) is 2. The molecule has 2 atom stereocenters. The highest BCUT2D eigenvalue weighted by molar-refractivity contribution is 7.17. The smallest absolute Gasteiger partial charge is 0.381 e. The Morgan fingerprint density at radius 3 is 2.90 bits per heavy atom. The van der Waals surface area contributed by atoms with Crippen molar-refractivity contribution in [3.8, 4) is 10.9 Å². The van der Waals surface area contributed by atoms with Gasteiger partial charge in [0.05, 0.1) is 24.4 Å². The monoisotopic (exact) mass is 446 g/mol. The minimum Gasteiger partial charge on any atom is -0.488 e. The molecule has 31 heavy (non-hydrogen) atoms. The van der Waals surface area contributed by atoms with E-state index in [1.807, 2.05) is 13.0 Å². The fraction of sp³-hybridized carbons (Fsp3) is 0.421. The van der Waals surface area contributed by atoms with Crippen molar-refractivity contribution in [1.82, 2.24) is 20.0 Å². The van der Waals surface area contributed by atoms with Gasteiger partial charge in [-0.1, -0.05) is 11.3 Å². The molecule has 164 valence electrons. The van der Waals surface area contributed by atoms with Crippen molar-refractivity contribution in [3.05, 3.63) is 40.2 Å². The molecule has 11 nitrogen and oxygen atoms in total. The van der Waals surface area contributed by atoms with Crippen molar-refractivity contribution >= 4 is 28.1 Å². The van der Waals surface area contributed by atoms with Crippen LogP contribution in [0.3, 0.4) is 0 Å². The standard InChI is InChI=1S/C19H22N6O5S/c1-10-6-8-20-25(10)18-24-23-17(31-18)22-15(26)12-9-11(14(29-3)16(27)30-12)21-13-5-4-7-19(13,2)28/h6,8-9,13,21,28H,4-5,7H2,1-3H3,(H,22,23,26). The molecule has 1 aliphatic carbocycles. The second-order valence-corrected chi connectivity index (χ2v) is 8.48. The Hall–Kier alpha value is -3.25. The van der Waals surface area contributed by atoms with E-state index >= 15 is 0 Å². The Morgan fingerprint density at radius 1 is 1.45 bits per heavy atom. The SMILES string of the molecule is COc1c(NC2CCCC2(C)O)cc(C(=O)Nc2nnc(-n3nccc3C)s2)oc1=O. The van der Waals surface area contributed by atoms with Crippen LogP contribution in [-0.2, 0) is 0 Å². The average molecular weight is 446 g/mol. The van der Waals surface area contributed by atoms with Crippen molar-refractivity contribution in [2.24, 2.45) is 0 Å². The molecule has 0 aliphatic heterocycles. The Morgan fingerprint density at radius 2 is 2.26 bits per heavy atom. The fourth-order valence-electron chi connectivity index (χ4n) is 3.54. The van der Waals surface area contributed by atoms with Gasteiger partial charge in [-0.3, -0.25) is 10.1 Å². The second-order valence-electron chi connectivity index (χ2n) is 7.52. The summed E-state index contributed by atoms with van der Waals surface area (Å²) >= 11 is 1.12. The lowest BCUT2D eigenvalue weighted by Crippen LogP contribution is -2.39. The zero-order chi connectivity index (χ0) is 22.2. The molecule has 3 N–H and O–H groups in total. The van der Waals surface area contributed by atoms with Crippen molar-refractivity contribution in [3.63, 3.8) is 0 Å². The zero-order valence-electron chi connectivity index (χ0n) is 17.2. The van der Waals surface area contributed by atoms with Crippen molar-refractivity contribution < 1.29 is 19.1 Å². The number of carbonyl (C=O) groups excluding carboxylic acids is 1. The summed E-state index contributed by atoms with van der Waals surface area (Å²) in [4.78, 5) is 25.1. The van der Waals surface area contributed by atoms with E-state index in [2.05, 4.69) is 25.9 Å². The maximum atomic E-state index is 12.7. The van der Waals surface area contributed by atoms with Crippen LogP contribution in [0.25, 0.3) is 5.13 Å². The lowest BCUT2D eigenvalue weighted by Gasteiger charge is -2.27. The van der Waals surface area contributed by atoms with Gasteiger partial charge in [0.25, 0.3) is 5.91 Å². The lowest BCUT2D eigenvalue weighted by atomic mass is 10.0. The van der Waals surface area contributed by atoms with Gasteiger partial charge in [0, 0.05) is 18.0 Å². The molecule has 1 saturated carbocycles. The van der Waals surface area contributed by atoms with E-state index in [9.17, 15) is 14.7 Å². The average Bonchev–Trinajstić information content (AvgIpc) is 3.42. The molecule has 0 spiro atoms. The van der Waals surface area contributed by atoms with E-state index in [0.717, 1.165) is 29.9 Å². The van der Waals surface area contributed by atoms with E-state index in [-0.39, 0.29) is 28.4 Å². The molecule has 1 fully saturated rings. The number of hydrogen-bond acceptors (Lipinski definition) is 10. The van der Waals surface area contributed by atoms with Gasteiger partial charge in [-0.25, -0.2) is 9.48 Å². The summed E-state index contributed by atoms with van der Waals surface area (Å²) in [5.74, 6) is -0.953. The first-order chi connectivity index (χ1) is 14.8. The third-order valence-corrected chi connectivity index (χ3v) is 6.05. The highest BCUT2D eigenvalue weighted by Crippen LogP contribution is 2.34. The van der Waals surface area contributed by atoms with Gasteiger partial charge in [0.2, 0.25) is 16.0 Å². The van der Waals surface area contributed by atoms with E-state index < -0.39 is 17.1 Å². The Labute approximate surface area is 181 Å². The van der Waals surface area contributed by atoms with Gasteiger partial charge in [0.15, 0.2) is 5.76 Å². The summed E-state index contributed by atoms with van der Waals surface area (Å²) < 4.78 is 11.9. The number of hydrogen-bond donors (Lipinski definition) is 3. The molecule has 4 rings (SSSR count). The van der Waals surface area contributed by atoms with Gasteiger partial charge in [-0.2, -0.15) is 5.10 Å². The highest BCUT2D eigenvalue weighted by Gasteiger charge is 2.37. The number of amides is 1. The Bertz CT molecular complexity index is 1170. The number of aromatic nitrogens is 4. The first-order valence-corrected chi connectivity index (χ1v) is 10.5. The molecule has 2 unspecified atom stereocenters. The first-order valence-electron chi connectivity index (χ1n) is 9.65. The third kappa shape index (κ3) is 4.16. The van der Waals surface area contributed by atoms with Crippen LogP contribution in [-0.4, -0.2) is 49.7 Å². The molecule has 3 aromatic heterocycles. The van der Waals surface area contributed by atoms with Gasteiger partial charge in [-0.05, 0) is 39.2 Å². The van der Waals surface area contributed by atoms with Crippen LogP contribution in [0.5, 0.6) is 5.75 Å². The summed E-state index contributed by atoms with van der Waals surface area (Å²) in [7, 11) is 1.34. The topological polar surface area (TPSA) is 144 Å². The third-order valence-electron chi connectivity index (χ3n) is 5.24. The summed E-state index contributed by atoms with van der Waals surface area (Å²) in [6, 6.07) is 2.91. The maximum Gasteiger partial charge on any atom is 0.381 e. The molecule has 0 aromatic carbocycles. The van der Waals surface area contributed by atoms with Crippen LogP contribution in [0.4, 0.5) is 10.8 Å². The van der Waals surface area contributed by atoms with E-state index in [4.69, 9.17) is 9.15 Å². The number of methoxy groups -OCH3 is 1. The zero-order valence-corrected chi connectivity index (χ0v) is 18.0. The van der Waals surface area contributed by atoms with Crippen LogP contribution in [0.2, 0.25) is 0 Å². The molecular weight excluding hydrogens is 424 g/mol. The van der Waals surface area contributed by atoms with Crippen LogP contribution in [0.1, 0.15) is 42.4 Å². The molecule has 1 amide bonds. The number of anilines is 2. The predicted molar refractivity (Wildman–Crippen MR) is 113 cm³/mol. The van der Waals surface area contributed by atoms with Crippen molar-refractivity contribution in [2.75, 3.05) is 17.7 Å². The second kappa shape index (κ2) is 8.12. The van der Waals surface area contributed by atoms with Crippen molar-refractivity contribution in [1.29, 1.82) is 0 Å². The summed E-state index contributed by atoms with van der Waals surface area (Å²) in [6.07, 6.45) is 3.84. The lowest BCUT2D eigenvalue weighted by molar-refractivity contribution is 0.0578. The van der Waals surface area contributed by atoms with Gasteiger partial charge >= 0.3 is 5.63 Å². The first kappa shape index (κ1) is 21.0. The van der Waals surface area contributed by atoms with Gasteiger partial charge in [-0.15, -0.1) is 10.2 Å². The molecule has 3 aromatic rings. The van der Waals surface area contributed by atoms with Crippen LogP contribution < -0.4 is 21.0 Å². The summed E-state index contributed by atoms with van der Waals surface area (Å²) in [5, 5.41) is 29.0. The number of aryl methyl sites for hydroxylation is 1. The quantitative estimate of drug-likeness (QED) is 0.517. The van der Waals surface area contributed by atoms with E-state index in [0.29, 0.717) is 11.6 Å². The van der Waals surface area contributed by atoms with E-state index in [1.54, 1.807) is 17.8 Å². The van der Waals surface area contributed by atoms with Crippen LogP contribution >= 0.6 is 11.3 Å². The number of ether oxygens (including phenoxy) is 1. The number of nitrogens with zero attached hydrogens (tertiary/aromatic N) is 4. The molecule has 0 bridgehead atoms. The Balaban J connectivity index is 1.57. The molecule has 3 heterocycles. The molecule has 1 aliphatic rings. The van der Waals surface area contributed by atoms with Crippen molar-refractivity contribution in [2.45, 2.75) is 44.8 Å². The normalized spacial score (nSPS) is 20.6. The molecule has 12 heteroatoms. The number of carbonyl (C=O) groups is 1. The maximum absolute atomic E-state index is 12.7. The van der Waals surface area contributed by atoms with Gasteiger partial charge < -0.3 is 19.6 Å². The minimum atomic E-state index is -0.933. The van der Waals surface area contributed by atoms with E-state index in [1.165, 1.54) is 13.2 Å². The minimum absolute atomic E-state index is 0.0633. The molecule has 0 radical (unpaired) electrons. The molecule has 0 saturated heterocycles. The predicted octanol–water partition coefficient (Wildman–Crippen LogP) is 1.96. The van der Waals surface area contributed by atoms with Crippen LogP contribution in [0, 0.1) is 6.92 Å². The number of aliphatic hydroxyl groups is 1. The largest absolute Gasteiger partial charge is 0.488 e.